The van der Waals surface area contributed by atoms with Crippen LogP contribution in [0.4, 0.5) is 0 Å². The Kier molecular flexibility index (Phi) is 8.48. The fraction of sp³-hybridized carbons (Fsp3) is 0.241. The Bertz CT molecular complexity index is 1200. The van der Waals surface area contributed by atoms with E-state index in [2.05, 4.69) is 38.2 Å². The van der Waals surface area contributed by atoms with Crippen LogP contribution in [0.1, 0.15) is 33.4 Å². The molecule has 0 fully saturated rings. The average molecular weight is 455 g/mol. The molecule has 0 aromatic heterocycles. The number of ether oxygens (including phenoxy) is 2. The summed E-state index contributed by atoms with van der Waals surface area (Å²) in [4.78, 5) is 12.5. The van der Waals surface area contributed by atoms with E-state index in [1.807, 2.05) is 36.4 Å². The second kappa shape index (κ2) is 11.7. The number of methoxy groups -OCH3 is 1. The number of amides is 1. The first-order valence-electron chi connectivity index (χ1n) is 11.2. The SMILES string of the molecule is COc1cc(/C=C(\C#N)C(=O)NCCc2ccccc2)ccc1OCc1c(C)cc(C)cc1C. The lowest BCUT2D eigenvalue weighted by molar-refractivity contribution is -0.117. The molecule has 5 nitrogen and oxygen atoms in total. The third-order valence-corrected chi connectivity index (χ3v) is 5.62. The first-order chi connectivity index (χ1) is 16.4. The van der Waals surface area contributed by atoms with Gasteiger partial charge in [-0.2, -0.15) is 5.26 Å². The minimum Gasteiger partial charge on any atom is -0.493 e. The quantitative estimate of drug-likeness (QED) is 0.344. The number of nitriles is 1. The van der Waals surface area contributed by atoms with E-state index in [1.54, 1.807) is 31.4 Å². The normalized spacial score (nSPS) is 11.0. The van der Waals surface area contributed by atoms with E-state index in [0.717, 1.165) is 11.1 Å². The van der Waals surface area contributed by atoms with Crippen molar-refractivity contribution in [3.8, 4) is 17.6 Å². The van der Waals surface area contributed by atoms with E-state index in [9.17, 15) is 10.1 Å². The standard InChI is InChI=1S/C29H30N2O3/c1-20-14-21(2)26(22(3)15-20)19-34-27-11-10-24(17-28(27)33-4)16-25(18-30)29(32)31-13-12-23-8-6-5-7-9-23/h5-11,14-17H,12-13,19H2,1-4H3,(H,31,32)/b25-16+. The molecule has 0 saturated heterocycles. The van der Waals surface area contributed by atoms with E-state index in [-0.39, 0.29) is 5.57 Å². The van der Waals surface area contributed by atoms with Crippen molar-refractivity contribution in [1.29, 1.82) is 5.26 Å². The Hall–Kier alpha value is -4.04. The van der Waals surface area contributed by atoms with Gasteiger partial charge in [-0.25, -0.2) is 0 Å². The van der Waals surface area contributed by atoms with Gasteiger partial charge in [-0.15, -0.1) is 0 Å². The highest BCUT2D eigenvalue weighted by atomic mass is 16.5. The summed E-state index contributed by atoms with van der Waals surface area (Å²) in [5.41, 5.74) is 6.60. The number of hydrogen-bond acceptors (Lipinski definition) is 4. The Balaban J connectivity index is 1.68. The van der Waals surface area contributed by atoms with E-state index in [0.29, 0.717) is 36.6 Å². The zero-order valence-electron chi connectivity index (χ0n) is 20.1. The second-order valence-corrected chi connectivity index (χ2v) is 8.24. The molecule has 0 aliphatic carbocycles. The second-order valence-electron chi connectivity index (χ2n) is 8.24. The van der Waals surface area contributed by atoms with Crippen molar-refractivity contribution in [2.75, 3.05) is 13.7 Å². The first-order valence-corrected chi connectivity index (χ1v) is 11.2. The van der Waals surface area contributed by atoms with Gasteiger partial charge in [0.15, 0.2) is 11.5 Å². The molecule has 0 aliphatic rings. The summed E-state index contributed by atoms with van der Waals surface area (Å²) in [5.74, 6) is 0.742. The maximum Gasteiger partial charge on any atom is 0.261 e. The molecule has 1 N–H and O–H groups in total. The van der Waals surface area contributed by atoms with E-state index < -0.39 is 5.91 Å². The summed E-state index contributed by atoms with van der Waals surface area (Å²) < 4.78 is 11.6. The smallest absolute Gasteiger partial charge is 0.261 e. The summed E-state index contributed by atoms with van der Waals surface area (Å²) in [7, 11) is 1.57. The minimum absolute atomic E-state index is 0.0367. The van der Waals surface area contributed by atoms with Gasteiger partial charge in [0, 0.05) is 6.54 Å². The molecule has 0 saturated carbocycles. The maximum absolute atomic E-state index is 12.5. The number of nitrogens with zero attached hydrogens (tertiary/aromatic N) is 1. The molecule has 34 heavy (non-hydrogen) atoms. The fourth-order valence-electron chi connectivity index (χ4n) is 3.86. The van der Waals surface area contributed by atoms with Crippen LogP contribution in [0.15, 0.2) is 66.2 Å². The number of nitrogens with one attached hydrogen (secondary N) is 1. The predicted octanol–water partition coefficient (Wildman–Crippen LogP) is 5.47. The molecule has 3 aromatic rings. The molecule has 5 heteroatoms. The van der Waals surface area contributed by atoms with E-state index >= 15 is 0 Å². The summed E-state index contributed by atoms with van der Waals surface area (Å²) in [6, 6.07) is 21.5. The Morgan fingerprint density at radius 1 is 1.00 bits per heavy atom. The van der Waals surface area contributed by atoms with Crippen LogP contribution in [-0.2, 0) is 17.8 Å². The summed E-state index contributed by atoms with van der Waals surface area (Å²) >= 11 is 0. The highest BCUT2D eigenvalue weighted by Gasteiger charge is 2.12. The van der Waals surface area contributed by atoms with Crippen LogP contribution < -0.4 is 14.8 Å². The number of benzene rings is 3. The topological polar surface area (TPSA) is 71.3 Å². The van der Waals surface area contributed by atoms with Crippen molar-refractivity contribution in [1.82, 2.24) is 5.32 Å². The molecule has 3 rings (SSSR count). The molecule has 3 aromatic carbocycles. The summed E-state index contributed by atoms with van der Waals surface area (Å²) in [6.07, 6.45) is 2.25. The van der Waals surface area contributed by atoms with Crippen LogP contribution >= 0.6 is 0 Å². The zero-order chi connectivity index (χ0) is 24.5. The van der Waals surface area contributed by atoms with Crippen LogP contribution in [0.5, 0.6) is 11.5 Å². The summed E-state index contributed by atoms with van der Waals surface area (Å²) in [5, 5.41) is 12.3. The largest absolute Gasteiger partial charge is 0.493 e. The highest BCUT2D eigenvalue weighted by molar-refractivity contribution is 6.01. The lowest BCUT2D eigenvalue weighted by Gasteiger charge is -2.15. The zero-order valence-corrected chi connectivity index (χ0v) is 20.1. The number of hydrogen-bond donors (Lipinski definition) is 1. The number of carbonyl (C=O) groups is 1. The molecule has 174 valence electrons. The van der Waals surface area contributed by atoms with Crippen molar-refractivity contribution in [2.24, 2.45) is 0 Å². The third-order valence-electron chi connectivity index (χ3n) is 5.62. The van der Waals surface area contributed by atoms with Gasteiger partial charge in [0.2, 0.25) is 0 Å². The molecule has 0 radical (unpaired) electrons. The Morgan fingerprint density at radius 2 is 1.71 bits per heavy atom. The fourth-order valence-corrected chi connectivity index (χ4v) is 3.86. The Labute approximate surface area is 201 Å². The molecule has 0 spiro atoms. The van der Waals surface area contributed by atoms with Crippen molar-refractivity contribution >= 4 is 12.0 Å². The molecule has 0 atom stereocenters. The minimum atomic E-state index is -0.400. The first kappa shape index (κ1) is 24.6. The molecule has 0 aliphatic heterocycles. The number of carbonyl (C=O) groups excluding carboxylic acids is 1. The summed E-state index contributed by atoms with van der Waals surface area (Å²) in [6.45, 7) is 7.13. The molecular weight excluding hydrogens is 424 g/mol. The molecule has 0 unspecified atom stereocenters. The maximum atomic E-state index is 12.5. The van der Waals surface area contributed by atoms with Gasteiger partial charge in [0.1, 0.15) is 18.2 Å². The third kappa shape index (κ3) is 6.49. The predicted molar refractivity (Wildman–Crippen MR) is 135 cm³/mol. The van der Waals surface area contributed by atoms with Crippen molar-refractivity contribution < 1.29 is 14.3 Å². The van der Waals surface area contributed by atoms with Crippen LogP contribution in [0.3, 0.4) is 0 Å². The average Bonchev–Trinajstić information content (AvgIpc) is 2.82. The van der Waals surface area contributed by atoms with E-state index in [4.69, 9.17) is 9.47 Å². The van der Waals surface area contributed by atoms with E-state index in [1.165, 1.54) is 16.7 Å². The van der Waals surface area contributed by atoms with Gasteiger partial charge in [-0.1, -0.05) is 54.1 Å². The molecule has 0 heterocycles. The molecule has 1 amide bonds. The van der Waals surface area contributed by atoms with Crippen molar-refractivity contribution in [2.45, 2.75) is 33.8 Å². The van der Waals surface area contributed by atoms with Crippen LogP contribution in [0.25, 0.3) is 6.08 Å². The van der Waals surface area contributed by atoms with Gasteiger partial charge in [-0.05, 0) is 73.2 Å². The lowest BCUT2D eigenvalue weighted by Crippen LogP contribution is -2.26. The van der Waals surface area contributed by atoms with Crippen molar-refractivity contribution in [3.63, 3.8) is 0 Å². The Morgan fingerprint density at radius 3 is 2.35 bits per heavy atom. The highest BCUT2D eigenvalue weighted by Crippen LogP contribution is 2.30. The van der Waals surface area contributed by atoms with Gasteiger partial charge in [0.25, 0.3) is 5.91 Å². The monoisotopic (exact) mass is 454 g/mol. The number of rotatable bonds is 9. The van der Waals surface area contributed by atoms with Gasteiger partial charge < -0.3 is 14.8 Å². The molecular formula is C29H30N2O3. The van der Waals surface area contributed by atoms with Gasteiger partial charge in [0.05, 0.1) is 7.11 Å². The van der Waals surface area contributed by atoms with Crippen LogP contribution in [0, 0.1) is 32.1 Å². The lowest BCUT2D eigenvalue weighted by atomic mass is 10.0. The van der Waals surface area contributed by atoms with Crippen molar-refractivity contribution in [3.05, 3.63) is 99.6 Å². The van der Waals surface area contributed by atoms with Crippen LogP contribution in [0.2, 0.25) is 0 Å². The van der Waals surface area contributed by atoms with Crippen LogP contribution in [-0.4, -0.2) is 19.6 Å². The van der Waals surface area contributed by atoms with Gasteiger partial charge >= 0.3 is 0 Å². The van der Waals surface area contributed by atoms with Gasteiger partial charge in [-0.3, -0.25) is 4.79 Å². The molecule has 0 bridgehead atoms. The number of aryl methyl sites for hydroxylation is 3.